The molecule has 7 nitrogen and oxygen atoms in total. The lowest BCUT2D eigenvalue weighted by atomic mass is 9.92. The van der Waals surface area contributed by atoms with E-state index in [0.29, 0.717) is 17.5 Å². The Labute approximate surface area is 153 Å². The number of carbonyl (C=O) groups is 1. The summed E-state index contributed by atoms with van der Waals surface area (Å²) in [5, 5.41) is 8.83. The normalized spacial score (nSPS) is 22.6. The first-order valence-corrected chi connectivity index (χ1v) is 9.06. The van der Waals surface area contributed by atoms with Gasteiger partial charge in [0.25, 0.3) is 5.91 Å². The summed E-state index contributed by atoms with van der Waals surface area (Å²) in [6.45, 7) is 9.78. The standard InChI is InChI=1S/C19H24N6O/c1-19(2,3)16-4-5-17(23-22-16)24-9-13-11-25(12-14(13)10-24)18(26)15-8-20-6-7-21-15/h4-8,13-14H,9-12H2,1-3H3. The monoisotopic (exact) mass is 352 g/mol. The molecule has 0 radical (unpaired) electrons. The summed E-state index contributed by atoms with van der Waals surface area (Å²) >= 11 is 0. The van der Waals surface area contributed by atoms with Crippen molar-refractivity contribution in [2.24, 2.45) is 11.8 Å². The average molecular weight is 352 g/mol. The first-order valence-electron chi connectivity index (χ1n) is 9.06. The second kappa shape index (κ2) is 6.30. The third kappa shape index (κ3) is 3.13. The van der Waals surface area contributed by atoms with Crippen LogP contribution in [0, 0.1) is 11.8 Å². The third-order valence-corrected chi connectivity index (χ3v) is 5.30. The molecule has 2 aliphatic heterocycles. The molecule has 0 aromatic carbocycles. The molecule has 2 aliphatic rings. The zero-order valence-electron chi connectivity index (χ0n) is 15.5. The second-order valence-corrected chi connectivity index (χ2v) is 8.25. The lowest BCUT2D eigenvalue weighted by Crippen LogP contribution is -2.34. The van der Waals surface area contributed by atoms with Gasteiger partial charge >= 0.3 is 0 Å². The Morgan fingerprint density at radius 2 is 1.77 bits per heavy atom. The molecule has 2 fully saturated rings. The Hall–Kier alpha value is -2.57. The molecule has 0 N–H and O–H groups in total. The summed E-state index contributed by atoms with van der Waals surface area (Å²) in [6, 6.07) is 4.14. The van der Waals surface area contributed by atoms with Crippen LogP contribution in [0.1, 0.15) is 37.0 Å². The van der Waals surface area contributed by atoms with Crippen molar-refractivity contribution in [1.29, 1.82) is 0 Å². The number of hydrogen-bond donors (Lipinski definition) is 0. The van der Waals surface area contributed by atoms with E-state index in [1.165, 1.54) is 6.20 Å². The summed E-state index contributed by atoms with van der Waals surface area (Å²) in [5.41, 5.74) is 1.43. The molecule has 2 aromatic heterocycles. The largest absolute Gasteiger partial charge is 0.354 e. The maximum absolute atomic E-state index is 12.5. The van der Waals surface area contributed by atoms with Crippen LogP contribution in [0.4, 0.5) is 5.82 Å². The van der Waals surface area contributed by atoms with E-state index in [1.807, 2.05) is 4.90 Å². The van der Waals surface area contributed by atoms with E-state index in [4.69, 9.17) is 0 Å². The topological polar surface area (TPSA) is 75.1 Å². The van der Waals surface area contributed by atoms with Crippen molar-refractivity contribution in [3.63, 3.8) is 0 Å². The van der Waals surface area contributed by atoms with Gasteiger partial charge in [0, 0.05) is 55.8 Å². The molecule has 2 aromatic rings. The first-order chi connectivity index (χ1) is 12.4. The maximum atomic E-state index is 12.5. The Balaban J connectivity index is 1.40. The van der Waals surface area contributed by atoms with Crippen LogP contribution in [0.25, 0.3) is 0 Å². The zero-order valence-corrected chi connectivity index (χ0v) is 15.5. The number of hydrogen-bond acceptors (Lipinski definition) is 6. The third-order valence-electron chi connectivity index (χ3n) is 5.30. The van der Waals surface area contributed by atoms with E-state index in [0.717, 1.165) is 37.7 Å². The van der Waals surface area contributed by atoms with Crippen LogP contribution >= 0.6 is 0 Å². The molecule has 4 heterocycles. The van der Waals surface area contributed by atoms with Gasteiger partial charge in [0.2, 0.25) is 0 Å². The smallest absolute Gasteiger partial charge is 0.274 e. The number of rotatable bonds is 2. The minimum Gasteiger partial charge on any atom is -0.354 e. The Kier molecular flexibility index (Phi) is 4.09. The van der Waals surface area contributed by atoms with E-state index >= 15 is 0 Å². The molecule has 26 heavy (non-hydrogen) atoms. The number of amides is 1. The highest BCUT2D eigenvalue weighted by Gasteiger charge is 2.42. The van der Waals surface area contributed by atoms with Crippen molar-refractivity contribution >= 4 is 11.7 Å². The van der Waals surface area contributed by atoms with Gasteiger partial charge in [0.05, 0.1) is 11.9 Å². The Morgan fingerprint density at radius 1 is 1.04 bits per heavy atom. The summed E-state index contributed by atoms with van der Waals surface area (Å²) in [5.74, 6) is 1.85. The molecule has 2 saturated heterocycles. The molecule has 0 aliphatic carbocycles. The molecular weight excluding hydrogens is 328 g/mol. The predicted octanol–water partition coefficient (Wildman–Crippen LogP) is 1.77. The lowest BCUT2D eigenvalue weighted by molar-refractivity contribution is 0.0776. The van der Waals surface area contributed by atoms with Crippen LogP contribution in [-0.4, -0.2) is 57.2 Å². The van der Waals surface area contributed by atoms with Crippen molar-refractivity contribution in [1.82, 2.24) is 25.1 Å². The highest BCUT2D eigenvalue weighted by Crippen LogP contribution is 2.34. The maximum Gasteiger partial charge on any atom is 0.274 e. The van der Waals surface area contributed by atoms with Crippen molar-refractivity contribution in [2.45, 2.75) is 26.2 Å². The lowest BCUT2D eigenvalue weighted by Gasteiger charge is -2.23. The van der Waals surface area contributed by atoms with Crippen LogP contribution in [0.2, 0.25) is 0 Å². The highest BCUT2D eigenvalue weighted by atomic mass is 16.2. The summed E-state index contributed by atoms with van der Waals surface area (Å²) in [7, 11) is 0. The molecule has 0 spiro atoms. The minimum absolute atomic E-state index is 0.00818. The Morgan fingerprint density at radius 3 is 2.31 bits per heavy atom. The molecule has 2 unspecified atom stereocenters. The number of carbonyl (C=O) groups excluding carboxylic acids is 1. The second-order valence-electron chi connectivity index (χ2n) is 8.25. The summed E-state index contributed by atoms with van der Waals surface area (Å²) in [6.07, 6.45) is 4.68. The fourth-order valence-electron chi connectivity index (χ4n) is 3.81. The van der Waals surface area contributed by atoms with Crippen molar-refractivity contribution in [3.8, 4) is 0 Å². The van der Waals surface area contributed by atoms with Crippen LogP contribution in [0.15, 0.2) is 30.7 Å². The van der Waals surface area contributed by atoms with E-state index in [2.05, 4.69) is 58.0 Å². The number of nitrogens with zero attached hydrogens (tertiary/aromatic N) is 6. The number of aromatic nitrogens is 4. The van der Waals surface area contributed by atoms with Gasteiger partial charge in [-0.05, 0) is 12.1 Å². The van der Waals surface area contributed by atoms with Crippen LogP contribution in [0.5, 0.6) is 0 Å². The van der Waals surface area contributed by atoms with Gasteiger partial charge in [0.15, 0.2) is 5.82 Å². The minimum atomic E-state index is -0.0200. The number of anilines is 1. The van der Waals surface area contributed by atoms with Crippen molar-refractivity contribution in [3.05, 3.63) is 42.1 Å². The molecule has 2 atom stereocenters. The summed E-state index contributed by atoms with van der Waals surface area (Å²) in [4.78, 5) is 24.9. The van der Waals surface area contributed by atoms with Gasteiger partial charge in [-0.1, -0.05) is 20.8 Å². The van der Waals surface area contributed by atoms with Crippen molar-refractivity contribution in [2.75, 3.05) is 31.1 Å². The molecule has 136 valence electrons. The molecule has 0 bridgehead atoms. The van der Waals surface area contributed by atoms with Crippen molar-refractivity contribution < 1.29 is 4.79 Å². The van der Waals surface area contributed by atoms with Crippen LogP contribution in [-0.2, 0) is 5.41 Å². The molecular formula is C19H24N6O. The van der Waals surface area contributed by atoms with E-state index in [1.54, 1.807) is 12.4 Å². The quantitative estimate of drug-likeness (QED) is 0.820. The number of likely N-dealkylation sites (tertiary alicyclic amines) is 1. The van der Waals surface area contributed by atoms with Gasteiger partial charge in [0.1, 0.15) is 5.69 Å². The highest BCUT2D eigenvalue weighted by molar-refractivity contribution is 5.92. The molecule has 4 rings (SSSR count). The van der Waals surface area contributed by atoms with Gasteiger partial charge in [-0.25, -0.2) is 4.98 Å². The fourth-order valence-corrected chi connectivity index (χ4v) is 3.81. The zero-order chi connectivity index (χ0) is 18.3. The SMILES string of the molecule is CC(C)(C)c1ccc(N2CC3CN(C(=O)c4cnccn4)CC3C2)nn1. The van der Waals surface area contributed by atoms with Gasteiger partial charge in [-0.2, -0.15) is 5.10 Å². The van der Waals surface area contributed by atoms with E-state index in [9.17, 15) is 4.79 Å². The molecule has 0 saturated carbocycles. The number of fused-ring (bicyclic) bond motifs is 1. The Bertz CT molecular complexity index is 772. The van der Waals surface area contributed by atoms with Gasteiger partial charge < -0.3 is 9.80 Å². The predicted molar refractivity (Wildman–Crippen MR) is 97.9 cm³/mol. The van der Waals surface area contributed by atoms with Gasteiger partial charge in [-0.3, -0.25) is 9.78 Å². The van der Waals surface area contributed by atoms with E-state index < -0.39 is 0 Å². The molecule has 1 amide bonds. The van der Waals surface area contributed by atoms with Crippen LogP contribution < -0.4 is 4.90 Å². The average Bonchev–Trinajstić information content (AvgIpc) is 3.20. The van der Waals surface area contributed by atoms with Gasteiger partial charge in [-0.15, -0.1) is 5.10 Å². The fraction of sp³-hybridized carbons (Fsp3) is 0.526. The first kappa shape index (κ1) is 16.9. The van der Waals surface area contributed by atoms with E-state index in [-0.39, 0.29) is 11.3 Å². The molecule has 7 heteroatoms. The summed E-state index contributed by atoms with van der Waals surface area (Å²) < 4.78 is 0. The van der Waals surface area contributed by atoms with Crippen LogP contribution in [0.3, 0.4) is 0 Å².